The number of rotatable bonds is 7. The van der Waals surface area contributed by atoms with Crippen molar-refractivity contribution in [2.75, 3.05) is 18.9 Å². The minimum atomic E-state index is -0.820. The summed E-state index contributed by atoms with van der Waals surface area (Å²) in [6, 6.07) is 5.85. The van der Waals surface area contributed by atoms with Gasteiger partial charge in [-0.3, -0.25) is 9.69 Å². The molecule has 1 amide bonds. The average Bonchev–Trinajstić information content (AvgIpc) is 2.44. The van der Waals surface area contributed by atoms with Gasteiger partial charge >= 0.3 is 0 Å². The molecule has 0 fully saturated rings. The van der Waals surface area contributed by atoms with Crippen LogP contribution in [0.4, 0.5) is 5.69 Å². The number of nitrogens with one attached hydrogen (secondary N) is 1. The number of hydrogen-bond acceptors (Lipinski definition) is 3. The topological polar surface area (TPSA) is 52.6 Å². The van der Waals surface area contributed by atoms with Crippen molar-refractivity contribution < 1.29 is 9.90 Å². The van der Waals surface area contributed by atoms with E-state index in [4.69, 9.17) is 0 Å². The van der Waals surface area contributed by atoms with E-state index in [0.717, 1.165) is 29.7 Å². The van der Waals surface area contributed by atoms with E-state index in [1.807, 2.05) is 24.9 Å². The maximum Gasteiger partial charge on any atom is 0.241 e. The number of benzene rings is 1. The largest absolute Gasteiger partial charge is 0.389 e. The number of aryl methyl sites for hydroxylation is 2. The second-order valence-electron chi connectivity index (χ2n) is 6.55. The molecule has 1 atom stereocenters. The Morgan fingerprint density at radius 1 is 1.27 bits per heavy atom. The molecular formula is C18H30N2O2. The highest BCUT2D eigenvalue weighted by Gasteiger charge is 2.24. The second kappa shape index (κ2) is 7.75. The van der Waals surface area contributed by atoms with E-state index < -0.39 is 5.60 Å². The monoisotopic (exact) mass is 306 g/mol. The first-order chi connectivity index (χ1) is 10.2. The van der Waals surface area contributed by atoms with Crippen LogP contribution in [-0.4, -0.2) is 41.1 Å². The molecular weight excluding hydrogens is 276 g/mol. The van der Waals surface area contributed by atoms with Crippen LogP contribution in [0.1, 0.15) is 45.7 Å². The number of amides is 1. The van der Waals surface area contributed by atoms with Gasteiger partial charge in [0.05, 0.1) is 11.6 Å². The summed E-state index contributed by atoms with van der Waals surface area (Å²) in [6.45, 7) is 9.98. The van der Waals surface area contributed by atoms with Gasteiger partial charge in [-0.25, -0.2) is 0 Å². The number of carbonyl (C=O) groups is 1. The second-order valence-corrected chi connectivity index (χ2v) is 6.55. The third kappa shape index (κ3) is 5.11. The van der Waals surface area contributed by atoms with Crippen LogP contribution in [-0.2, 0) is 17.6 Å². The number of nitrogens with zero attached hydrogens (tertiary/aromatic N) is 1. The van der Waals surface area contributed by atoms with Crippen LogP contribution in [0.15, 0.2) is 18.2 Å². The summed E-state index contributed by atoms with van der Waals surface area (Å²) in [7, 11) is 1.86. The molecule has 1 rings (SSSR count). The van der Waals surface area contributed by atoms with Crippen LogP contribution in [0.2, 0.25) is 0 Å². The van der Waals surface area contributed by atoms with Crippen molar-refractivity contribution in [2.45, 2.75) is 59.1 Å². The predicted molar refractivity (Wildman–Crippen MR) is 92.2 cm³/mol. The summed E-state index contributed by atoms with van der Waals surface area (Å²) >= 11 is 0. The first-order valence-corrected chi connectivity index (χ1v) is 8.03. The molecule has 0 spiro atoms. The summed E-state index contributed by atoms with van der Waals surface area (Å²) < 4.78 is 0. The maximum atomic E-state index is 12.5. The van der Waals surface area contributed by atoms with Gasteiger partial charge in [0.15, 0.2) is 0 Å². The zero-order chi connectivity index (χ0) is 16.9. The van der Waals surface area contributed by atoms with Crippen molar-refractivity contribution in [1.82, 2.24) is 4.90 Å². The summed E-state index contributed by atoms with van der Waals surface area (Å²) in [6.07, 6.45) is 1.77. The van der Waals surface area contributed by atoms with Crippen molar-refractivity contribution in [3.63, 3.8) is 0 Å². The Bertz CT molecular complexity index is 484. The number of aliphatic hydroxyl groups is 1. The van der Waals surface area contributed by atoms with Gasteiger partial charge in [0.25, 0.3) is 0 Å². The van der Waals surface area contributed by atoms with Crippen molar-refractivity contribution in [3.8, 4) is 0 Å². The molecule has 4 nitrogen and oxygen atoms in total. The minimum Gasteiger partial charge on any atom is -0.389 e. The van der Waals surface area contributed by atoms with Crippen LogP contribution in [0.5, 0.6) is 0 Å². The Morgan fingerprint density at radius 3 is 2.18 bits per heavy atom. The van der Waals surface area contributed by atoms with E-state index in [2.05, 4.69) is 31.3 Å². The number of carbonyl (C=O) groups excluding carboxylic acids is 1. The minimum absolute atomic E-state index is 0.0395. The molecule has 0 aliphatic rings. The number of anilines is 1. The van der Waals surface area contributed by atoms with E-state index in [1.54, 1.807) is 13.8 Å². The van der Waals surface area contributed by atoms with Crippen molar-refractivity contribution in [2.24, 2.45) is 0 Å². The summed E-state index contributed by atoms with van der Waals surface area (Å²) in [4.78, 5) is 14.4. The molecule has 4 heteroatoms. The Labute approximate surface area is 134 Å². The van der Waals surface area contributed by atoms with Gasteiger partial charge in [-0.1, -0.05) is 32.0 Å². The lowest BCUT2D eigenvalue weighted by molar-refractivity contribution is -0.121. The van der Waals surface area contributed by atoms with Gasteiger partial charge in [-0.2, -0.15) is 0 Å². The van der Waals surface area contributed by atoms with E-state index in [9.17, 15) is 9.90 Å². The average molecular weight is 306 g/mol. The number of hydrogen-bond donors (Lipinski definition) is 2. The van der Waals surface area contributed by atoms with E-state index >= 15 is 0 Å². The summed E-state index contributed by atoms with van der Waals surface area (Å²) in [5.41, 5.74) is 2.44. The molecule has 22 heavy (non-hydrogen) atoms. The van der Waals surface area contributed by atoms with E-state index in [-0.39, 0.29) is 11.9 Å². The lowest BCUT2D eigenvalue weighted by Gasteiger charge is -2.30. The number of likely N-dealkylation sites (N-methyl/N-ethyl adjacent to an activating group) is 1. The van der Waals surface area contributed by atoms with Crippen molar-refractivity contribution in [3.05, 3.63) is 29.3 Å². The highest BCUT2D eigenvalue weighted by atomic mass is 16.3. The molecule has 1 unspecified atom stereocenters. The van der Waals surface area contributed by atoms with Gasteiger partial charge < -0.3 is 10.4 Å². The lowest BCUT2D eigenvalue weighted by Crippen LogP contribution is -2.46. The molecule has 124 valence electrons. The molecule has 0 saturated heterocycles. The molecule has 1 aromatic carbocycles. The fourth-order valence-electron chi connectivity index (χ4n) is 2.58. The van der Waals surface area contributed by atoms with Crippen LogP contribution < -0.4 is 5.32 Å². The zero-order valence-corrected chi connectivity index (χ0v) is 14.7. The lowest BCUT2D eigenvalue weighted by atomic mass is 10.0. The Balaban J connectivity index is 2.88. The SMILES string of the molecule is CCc1cccc(CC)c1NC(=O)C(C)N(C)CC(C)(C)O. The first kappa shape index (κ1) is 18.7. The van der Waals surface area contributed by atoms with Crippen LogP contribution in [0, 0.1) is 0 Å². The summed E-state index contributed by atoms with van der Waals surface area (Å²) in [5.74, 6) is -0.0395. The van der Waals surface area contributed by atoms with Crippen LogP contribution in [0.25, 0.3) is 0 Å². The molecule has 0 radical (unpaired) electrons. The Morgan fingerprint density at radius 2 is 1.77 bits per heavy atom. The third-order valence-corrected chi connectivity index (χ3v) is 3.92. The quantitative estimate of drug-likeness (QED) is 0.814. The van der Waals surface area contributed by atoms with Gasteiger partial charge in [0, 0.05) is 12.2 Å². The molecule has 1 aromatic rings. The fraction of sp³-hybridized carbons (Fsp3) is 0.611. The van der Waals surface area contributed by atoms with Gasteiger partial charge in [0.2, 0.25) is 5.91 Å². The summed E-state index contributed by atoms with van der Waals surface area (Å²) in [5, 5.41) is 13.0. The predicted octanol–water partition coefficient (Wildman–Crippen LogP) is 2.84. The molecule has 0 saturated carbocycles. The Hall–Kier alpha value is -1.39. The Kier molecular flexibility index (Phi) is 6.57. The van der Waals surface area contributed by atoms with Gasteiger partial charge in [0.1, 0.15) is 0 Å². The number of para-hydroxylation sites is 1. The van der Waals surface area contributed by atoms with Gasteiger partial charge in [-0.05, 0) is 51.8 Å². The van der Waals surface area contributed by atoms with E-state index in [0.29, 0.717) is 6.54 Å². The smallest absolute Gasteiger partial charge is 0.241 e. The van der Waals surface area contributed by atoms with E-state index in [1.165, 1.54) is 0 Å². The highest BCUT2D eigenvalue weighted by Crippen LogP contribution is 2.23. The zero-order valence-electron chi connectivity index (χ0n) is 14.7. The van der Waals surface area contributed by atoms with Crippen molar-refractivity contribution >= 4 is 11.6 Å². The van der Waals surface area contributed by atoms with Crippen molar-refractivity contribution in [1.29, 1.82) is 0 Å². The van der Waals surface area contributed by atoms with Crippen LogP contribution >= 0.6 is 0 Å². The molecule has 0 aliphatic carbocycles. The molecule has 0 aromatic heterocycles. The highest BCUT2D eigenvalue weighted by molar-refractivity contribution is 5.96. The molecule has 0 heterocycles. The standard InChI is InChI=1S/C18H30N2O2/c1-7-14-10-9-11-15(8-2)16(14)19-17(21)13(3)20(6)12-18(4,5)22/h9-11,13,22H,7-8,12H2,1-6H3,(H,19,21). The normalized spacial score (nSPS) is 13.3. The van der Waals surface area contributed by atoms with Crippen LogP contribution in [0.3, 0.4) is 0 Å². The fourth-order valence-corrected chi connectivity index (χ4v) is 2.58. The molecule has 0 aliphatic heterocycles. The third-order valence-electron chi connectivity index (χ3n) is 3.92. The molecule has 2 N–H and O–H groups in total. The first-order valence-electron chi connectivity index (χ1n) is 8.03. The van der Waals surface area contributed by atoms with Gasteiger partial charge in [-0.15, -0.1) is 0 Å². The molecule has 0 bridgehead atoms. The maximum absolute atomic E-state index is 12.5.